The van der Waals surface area contributed by atoms with E-state index in [2.05, 4.69) is 27.5 Å². The Kier molecular flexibility index (Phi) is 6.73. The highest BCUT2D eigenvalue weighted by Gasteiger charge is 2.10. The third-order valence-corrected chi connectivity index (χ3v) is 5.05. The normalized spacial score (nSPS) is 11.2. The predicted octanol–water partition coefficient (Wildman–Crippen LogP) is 4.80. The SMILES string of the molecule is CCCc1nnc(Cc2ccc(NC(=O)C=Cc3cnn(C)c3-c3ccc(F)cc3)cc2)o1. The number of hydrogen-bond acceptors (Lipinski definition) is 5. The summed E-state index contributed by atoms with van der Waals surface area (Å²) in [4.78, 5) is 12.4. The van der Waals surface area contributed by atoms with E-state index >= 15 is 0 Å². The maximum atomic E-state index is 13.3. The van der Waals surface area contributed by atoms with Crippen LogP contribution in [0.25, 0.3) is 17.3 Å². The monoisotopic (exact) mass is 445 g/mol. The summed E-state index contributed by atoms with van der Waals surface area (Å²) in [7, 11) is 1.80. The molecule has 8 heteroatoms. The first-order valence-corrected chi connectivity index (χ1v) is 10.7. The van der Waals surface area contributed by atoms with E-state index in [4.69, 9.17) is 4.42 Å². The van der Waals surface area contributed by atoms with Crippen LogP contribution in [0.1, 0.15) is 36.3 Å². The van der Waals surface area contributed by atoms with E-state index in [0.717, 1.165) is 35.2 Å². The highest BCUT2D eigenvalue weighted by atomic mass is 19.1. The largest absolute Gasteiger partial charge is 0.425 e. The summed E-state index contributed by atoms with van der Waals surface area (Å²) in [6, 6.07) is 13.7. The van der Waals surface area contributed by atoms with Crippen LogP contribution in [0.3, 0.4) is 0 Å². The van der Waals surface area contributed by atoms with E-state index in [1.807, 2.05) is 24.3 Å². The van der Waals surface area contributed by atoms with Gasteiger partial charge in [0.05, 0.1) is 18.3 Å². The summed E-state index contributed by atoms with van der Waals surface area (Å²) in [5, 5.41) is 15.2. The molecule has 4 rings (SSSR count). The molecule has 0 bridgehead atoms. The highest BCUT2D eigenvalue weighted by molar-refractivity contribution is 6.02. The Balaban J connectivity index is 1.38. The van der Waals surface area contributed by atoms with Gasteiger partial charge in [0.25, 0.3) is 0 Å². The van der Waals surface area contributed by atoms with Gasteiger partial charge in [-0.2, -0.15) is 5.10 Å². The van der Waals surface area contributed by atoms with Gasteiger partial charge >= 0.3 is 0 Å². The molecule has 0 fully saturated rings. The molecular weight excluding hydrogens is 421 g/mol. The molecule has 4 aromatic rings. The van der Waals surface area contributed by atoms with Crippen LogP contribution in [0.2, 0.25) is 0 Å². The molecular formula is C25H24FN5O2. The lowest BCUT2D eigenvalue weighted by atomic mass is 10.1. The Bertz CT molecular complexity index is 1260. The van der Waals surface area contributed by atoms with Crippen molar-refractivity contribution in [2.75, 3.05) is 5.32 Å². The third-order valence-electron chi connectivity index (χ3n) is 5.05. The maximum absolute atomic E-state index is 13.3. The number of benzene rings is 2. The highest BCUT2D eigenvalue weighted by Crippen LogP contribution is 2.24. The average Bonchev–Trinajstić information content (AvgIpc) is 3.40. The number of anilines is 1. The maximum Gasteiger partial charge on any atom is 0.248 e. The second-order valence-corrected chi connectivity index (χ2v) is 7.61. The van der Waals surface area contributed by atoms with Crippen LogP contribution in [0.4, 0.5) is 10.1 Å². The van der Waals surface area contributed by atoms with Gasteiger partial charge in [0.1, 0.15) is 5.82 Å². The van der Waals surface area contributed by atoms with Gasteiger partial charge in [-0.25, -0.2) is 4.39 Å². The van der Waals surface area contributed by atoms with Gasteiger partial charge in [0.15, 0.2) is 0 Å². The van der Waals surface area contributed by atoms with Crippen molar-refractivity contribution in [1.29, 1.82) is 0 Å². The second-order valence-electron chi connectivity index (χ2n) is 7.61. The molecule has 168 valence electrons. The summed E-state index contributed by atoms with van der Waals surface area (Å²) >= 11 is 0. The number of amides is 1. The van der Waals surface area contributed by atoms with Crippen LogP contribution in [-0.4, -0.2) is 25.9 Å². The fraction of sp³-hybridized carbons (Fsp3) is 0.200. The number of carbonyl (C=O) groups is 1. The van der Waals surface area contributed by atoms with Gasteiger partial charge in [0.2, 0.25) is 17.7 Å². The molecule has 0 aliphatic carbocycles. The Morgan fingerprint density at radius 3 is 2.55 bits per heavy atom. The molecule has 0 spiro atoms. The number of carbonyl (C=O) groups excluding carboxylic acids is 1. The number of hydrogen-bond donors (Lipinski definition) is 1. The van der Waals surface area contributed by atoms with Crippen molar-refractivity contribution in [2.24, 2.45) is 7.05 Å². The summed E-state index contributed by atoms with van der Waals surface area (Å²) in [5.41, 5.74) is 4.06. The van der Waals surface area contributed by atoms with Gasteiger partial charge in [-0.05, 0) is 54.5 Å². The number of halogens is 1. The van der Waals surface area contributed by atoms with Crippen molar-refractivity contribution in [2.45, 2.75) is 26.2 Å². The van der Waals surface area contributed by atoms with Gasteiger partial charge in [-0.3, -0.25) is 9.48 Å². The van der Waals surface area contributed by atoms with Crippen LogP contribution in [0, 0.1) is 5.82 Å². The van der Waals surface area contributed by atoms with Crippen molar-refractivity contribution in [1.82, 2.24) is 20.0 Å². The molecule has 0 saturated carbocycles. The van der Waals surface area contributed by atoms with Gasteiger partial charge in [-0.1, -0.05) is 19.1 Å². The Morgan fingerprint density at radius 2 is 1.82 bits per heavy atom. The minimum atomic E-state index is -0.304. The Hall–Kier alpha value is -4.07. The number of nitrogens with one attached hydrogen (secondary N) is 1. The minimum Gasteiger partial charge on any atom is -0.425 e. The standard InChI is InChI=1S/C25H24FN5O2/c1-3-4-23-29-30-24(33-23)15-17-5-12-21(13-6-17)28-22(32)14-9-19-16-27-31(2)25(19)18-7-10-20(26)11-8-18/h5-14,16H,3-4,15H2,1-2H3,(H,28,32). The fourth-order valence-corrected chi connectivity index (χ4v) is 3.44. The quantitative estimate of drug-likeness (QED) is 0.394. The molecule has 0 saturated heterocycles. The van der Waals surface area contributed by atoms with Crippen LogP contribution < -0.4 is 5.32 Å². The summed E-state index contributed by atoms with van der Waals surface area (Å²) < 4.78 is 20.6. The molecule has 0 unspecified atom stereocenters. The van der Waals surface area contributed by atoms with Crippen LogP contribution in [-0.2, 0) is 24.7 Å². The lowest BCUT2D eigenvalue weighted by molar-refractivity contribution is -0.111. The molecule has 33 heavy (non-hydrogen) atoms. The van der Waals surface area contributed by atoms with Crippen LogP contribution in [0.5, 0.6) is 0 Å². The summed E-state index contributed by atoms with van der Waals surface area (Å²) in [5.74, 6) is 0.658. The fourth-order valence-electron chi connectivity index (χ4n) is 3.44. The van der Waals surface area contributed by atoms with Crippen LogP contribution >= 0.6 is 0 Å². The Morgan fingerprint density at radius 1 is 1.09 bits per heavy atom. The molecule has 0 aliphatic heterocycles. The van der Waals surface area contributed by atoms with Crippen LogP contribution in [0.15, 0.2) is 65.2 Å². The zero-order valence-corrected chi connectivity index (χ0v) is 18.5. The van der Waals surface area contributed by atoms with Gasteiger partial charge < -0.3 is 9.73 Å². The minimum absolute atomic E-state index is 0.266. The zero-order valence-electron chi connectivity index (χ0n) is 18.5. The summed E-state index contributed by atoms with van der Waals surface area (Å²) in [6.07, 6.45) is 7.08. The van der Waals surface area contributed by atoms with Crippen molar-refractivity contribution in [3.63, 3.8) is 0 Å². The van der Waals surface area contributed by atoms with E-state index in [-0.39, 0.29) is 11.7 Å². The first kappa shape index (κ1) is 22.1. The lowest BCUT2D eigenvalue weighted by Crippen LogP contribution is -2.07. The molecule has 1 amide bonds. The first-order valence-electron chi connectivity index (χ1n) is 10.7. The summed E-state index contributed by atoms with van der Waals surface area (Å²) in [6.45, 7) is 2.06. The Labute approximate surface area is 191 Å². The first-order chi connectivity index (χ1) is 16.0. The molecule has 0 radical (unpaired) electrons. The smallest absolute Gasteiger partial charge is 0.248 e. The van der Waals surface area contributed by atoms with E-state index < -0.39 is 0 Å². The van der Waals surface area contributed by atoms with Crippen molar-refractivity contribution >= 4 is 17.7 Å². The van der Waals surface area contributed by atoms with Gasteiger partial charge in [0, 0.05) is 36.4 Å². The molecule has 2 aromatic carbocycles. The van der Waals surface area contributed by atoms with Crippen molar-refractivity contribution in [3.05, 3.63) is 89.5 Å². The third kappa shape index (κ3) is 5.60. The molecule has 0 aliphatic rings. The number of nitrogens with zero attached hydrogens (tertiary/aromatic N) is 4. The molecule has 0 atom stereocenters. The number of aromatic nitrogens is 4. The van der Waals surface area contributed by atoms with E-state index in [0.29, 0.717) is 23.9 Å². The topological polar surface area (TPSA) is 85.8 Å². The van der Waals surface area contributed by atoms with E-state index in [1.165, 1.54) is 18.2 Å². The number of aryl methyl sites for hydroxylation is 2. The van der Waals surface area contributed by atoms with Crippen molar-refractivity contribution < 1.29 is 13.6 Å². The van der Waals surface area contributed by atoms with E-state index in [1.54, 1.807) is 36.1 Å². The molecule has 2 heterocycles. The second kappa shape index (κ2) is 10.0. The lowest BCUT2D eigenvalue weighted by Gasteiger charge is -2.05. The van der Waals surface area contributed by atoms with Gasteiger partial charge in [-0.15, -0.1) is 10.2 Å². The molecule has 1 N–H and O–H groups in total. The van der Waals surface area contributed by atoms with Crippen molar-refractivity contribution in [3.8, 4) is 11.3 Å². The average molecular weight is 445 g/mol. The molecule has 7 nitrogen and oxygen atoms in total. The predicted molar refractivity (Wildman–Crippen MR) is 124 cm³/mol. The number of rotatable bonds is 8. The molecule has 2 aromatic heterocycles. The zero-order chi connectivity index (χ0) is 23.2. The van der Waals surface area contributed by atoms with E-state index in [9.17, 15) is 9.18 Å².